The first kappa shape index (κ1) is 17.5. The molecule has 0 saturated heterocycles. The van der Waals surface area contributed by atoms with Gasteiger partial charge in [0, 0.05) is 5.70 Å². The highest BCUT2D eigenvalue weighted by molar-refractivity contribution is 14.1. The molecule has 0 N–H and O–H groups in total. The molecular weight excluding hydrogens is 423 g/mol. The molecule has 1 amide bonds. The third kappa shape index (κ3) is 4.34. The molecule has 1 aromatic carbocycles. The molecule has 1 aliphatic rings. The second kappa shape index (κ2) is 8.14. The van der Waals surface area contributed by atoms with Gasteiger partial charge in [0.15, 0.2) is 0 Å². The van der Waals surface area contributed by atoms with Crippen LogP contribution in [0.2, 0.25) is 0 Å². The van der Waals surface area contributed by atoms with Gasteiger partial charge in [-0.15, -0.1) is 11.8 Å². The van der Waals surface area contributed by atoms with Crippen molar-refractivity contribution in [2.75, 3.05) is 18.7 Å². The molecule has 1 atom stereocenters. The predicted octanol–water partition coefficient (Wildman–Crippen LogP) is 4.03. The Morgan fingerprint density at radius 2 is 2.09 bits per heavy atom. The summed E-state index contributed by atoms with van der Waals surface area (Å²) < 4.78 is 30.7. The molecule has 1 aliphatic heterocycles. The van der Waals surface area contributed by atoms with Crippen molar-refractivity contribution in [1.29, 1.82) is 0 Å². The first-order valence-electron chi connectivity index (χ1n) is 6.69. The summed E-state index contributed by atoms with van der Waals surface area (Å²) >= 11 is 3.56. The van der Waals surface area contributed by atoms with Gasteiger partial charge < -0.3 is 9.64 Å². The Balaban J connectivity index is 2.22. The van der Waals surface area contributed by atoms with Crippen molar-refractivity contribution in [2.24, 2.45) is 0 Å². The lowest BCUT2D eigenvalue weighted by Crippen LogP contribution is -2.40. The van der Waals surface area contributed by atoms with Crippen LogP contribution in [-0.2, 0) is 4.79 Å². The van der Waals surface area contributed by atoms with Crippen LogP contribution in [0, 0.1) is 0 Å². The fraction of sp³-hybridized carbons (Fsp3) is 0.400. The molecule has 0 fully saturated rings. The lowest BCUT2D eigenvalue weighted by molar-refractivity contribution is -0.128. The van der Waals surface area contributed by atoms with E-state index in [1.54, 1.807) is 36.0 Å². The third-order valence-electron chi connectivity index (χ3n) is 3.16. The van der Waals surface area contributed by atoms with Crippen molar-refractivity contribution in [3.63, 3.8) is 0 Å². The fourth-order valence-electron chi connectivity index (χ4n) is 2.16. The zero-order valence-electron chi connectivity index (χ0n) is 12.0. The van der Waals surface area contributed by atoms with Crippen LogP contribution in [0.3, 0.4) is 0 Å². The minimum absolute atomic E-state index is 0.263. The fourth-order valence-corrected chi connectivity index (χ4v) is 3.01. The Bertz CT molecular complexity index is 551. The summed E-state index contributed by atoms with van der Waals surface area (Å²) in [6, 6.07) is 7.16. The molecule has 22 heavy (non-hydrogen) atoms. The molecule has 0 saturated carbocycles. The highest BCUT2D eigenvalue weighted by Gasteiger charge is 2.31. The van der Waals surface area contributed by atoms with Crippen molar-refractivity contribution in [3.05, 3.63) is 35.9 Å². The van der Waals surface area contributed by atoms with Crippen molar-refractivity contribution >= 4 is 46.0 Å². The number of alkyl halides is 3. The molecule has 2 rings (SSSR count). The number of amides is 1. The van der Waals surface area contributed by atoms with Crippen LogP contribution in [0.25, 0.3) is 5.70 Å². The Morgan fingerprint density at radius 1 is 1.41 bits per heavy atom. The average molecular weight is 439 g/mol. The van der Waals surface area contributed by atoms with Crippen LogP contribution in [0.1, 0.15) is 12.0 Å². The number of allylic oxidation sites excluding steroid dienone is 1. The van der Waals surface area contributed by atoms with Gasteiger partial charge in [0.2, 0.25) is 5.91 Å². The Labute approximate surface area is 146 Å². The quantitative estimate of drug-likeness (QED) is 0.381. The van der Waals surface area contributed by atoms with Crippen molar-refractivity contribution in [3.8, 4) is 5.75 Å². The minimum atomic E-state index is -2.56. The molecule has 120 valence electrons. The van der Waals surface area contributed by atoms with E-state index in [-0.39, 0.29) is 9.83 Å². The maximum Gasteiger partial charge on any atom is 0.256 e. The largest absolute Gasteiger partial charge is 0.483 e. The highest BCUT2D eigenvalue weighted by atomic mass is 127. The number of carbonyl (C=O) groups excluding carboxylic acids is 1. The van der Waals surface area contributed by atoms with Gasteiger partial charge in [-0.3, -0.25) is 4.79 Å². The Morgan fingerprint density at radius 3 is 2.68 bits per heavy atom. The summed E-state index contributed by atoms with van der Waals surface area (Å²) in [5, 5.41) is 0. The number of rotatable bonds is 6. The van der Waals surface area contributed by atoms with Gasteiger partial charge in [-0.05, 0) is 42.5 Å². The molecule has 1 heterocycles. The average Bonchev–Trinajstić information content (AvgIpc) is 2.50. The number of benzene rings is 1. The van der Waals surface area contributed by atoms with Crippen LogP contribution in [-0.4, -0.2) is 39.9 Å². The van der Waals surface area contributed by atoms with Gasteiger partial charge in [0.1, 0.15) is 11.7 Å². The van der Waals surface area contributed by atoms with Gasteiger partial charge in [-0.2, -0.15) is 0 Å². The van der Waals surface area contributed by atoms with Crippen molar-refractivity contribution < 1.29 is 18.3 Å². The molecule has 3 nitrogen and oxygen atoms in total. The molecule has 7 heteroatoms. The standard InChI is InChI=1S/C15H16F2INO2S/c1-22-9-21-11-4-2-10(3-5-11)13-7-6-12(18)15(20)19(13)8-14(16)17/h2-5,7,12,14H,6,8-9H2,1H3. The second-order valence-electron chi connectivity index (χ2n) is 4.71. The van der Waals surface area contributed by atoms with E-state index in [1.807, 2.05) is 34.9 Å². The normalized spacial score (nSPS) is 18.6. The van der Waals surface area contributed by atoms with Crippen LogP contribution in [0.5, 0.6) is 5.75 Å². The number of hydrogen-bond donors (Lipinski definition) is 0. The minimum Gasteiger partial charge on any atom is -0.483 e. The number of halogens is 3. The second-order valence-corrected chi connectivity index (χ2v) is 7.02. The molecular formula is C15H16F2INO2S. The highest BCUT2D eigenvalue weighted by Crippen LogP contribution is 2.30. The monoisotopic (exact) mass is 439 g/mol. The molecule has 0 radical (unpaired) electrons. The Kier molecular flexibility index (Phi) is 6.49. The number of nitrogens with zero attached hydrogens (tertiary/aromatic N) is 1. The lowest BCUT2D eigenvalue weighted by atomic mass is 10.0. The SMILES string of the molecule is CSCOc1ccc(C2=CCC(I)C(=O)N2CC(F)F)cc1. The van der Waals surface area contributed by atoms with Crippen LogP contribution < -0.4 is 4.74 Å². The maximum absolute atomic E-state index is 12.8. The summed E-state index contributed by atoms with van der Waals surface area (Å²) in [6.07, 6.45) is 1.78. The number of ether oxygens (including phenoxy) is 1. The molecule has 0 aliphatic carbocycles. The van der Waals surface area contributed by atoms with E-state index in [9.17, 15) is 13.6 Å². The third-order valence-corrected chi connectivity index (χ3v) is 4.55. The molecule has 1 unspecified atom stereocenters. The van der Waals surface area contributed by atoms with Crippen molar-refractivity contribution in [1.82, 2.24) is 4.90 Å². The molecule has 1 aromatic rings. The van der Waals surface area contributed by atoms with Crippen LogP contribution in [0.4, 0.5) is 8.78 Å². The number of carbonyl (C=O) groups is 1. The molecule has 0 aromatic heterocycles. The zero-order chi connectivity index (χ0) is 16.1. The summed E-state index contributed by atoms with van der Waals surface area (Å²) in [4.78, 5) is 13.4. The van der Waals surface area contributed by atoms with Gasteiger partial charge in [0.25, 0.3) is 6.43 Å². The summed E-state index contributed by atoms with van der Waals surface area (Å²) in [7, 11) is 0. The Hall–Kier alpha value is -0.830. The zero-order valence-corrected chi connectivity index (χ0v) is 14.9. The number of hydrogen-bond acceptors (Lipinski definition) is 3. The topological polar surface area (TPSA) is 29.5 Å². The van der Waals surface area contributed by atoms with E-state index >= 15 is 0 Å². The van der Waals surface area contributed by atoms with Gasteiger partial charge >= 0.3 is 0 Å². The van der Waals surface area contributed by atoms with Crippen LogP contribution in [0.15, 0.2) is 30.3 Å². The van der Waals surface area contributed by atoms with Crippen LogP contribution >= 0.6 is 34.4 Å². The number of thioether (sulfide) groups is 1. The molecule has 0 spiro atoms. The molecule has 0 bridgehead atoms. The maximum atomic E-state index is 12.8. The smallest absolute Gasteiger partial charge is 0.256 e. The van der Waals surface area contributed by atoms with Gasteiger partial charge in [-0.25, -0.2) is 8.78 Å². The van der Waals surface area contributed by atoms with Gasteiger partial charge in [-0.1, -0.05) is 28.7 Å². The van der Waals surface area contributed by atoms with E-state index in [4.69, 9.17) is 4.74 Å². The van der Waals surface area contributed by atoms with E-state index < -0.39 is 13.0 Å². The van der Waals surface area contributed by atoms with Gasteiger partial charge in [0.05, 0.1) is 10.5 Å². The van der Waals surface area contributed by atoms with E-state index in [2.05, 4.69) is 0 Å². The predicted molar refractivity (Wildman–Crippen MR) is 93.6 cm³/mol. The summed E-state index contributed by atoms with van der Waals surface area (Å²) in [5.74, 6) is 1.00. The van der Waals surface area contributed by atoms with E-state index in [1.165, 1.54) is 4.90 Å². The lowest BCUT2D eigenvalue weighted by Gasteiger charge is -2.31. The van der Waals surface area contributed by atoms with E-state index in [0.29, 0.717) is 23.8 Å². The van der Waals surface area contributed by atoms with E-state index in [0.717, 1.165) is 5.56 Å². The summed E-state index contributed by atoms with van der Waals surface area (Å²) in [6.45, 7) is -0.575. The van der Waals surface area contributed by atoms with Crippen molar-refractivity contribution in [2.45, 2.75) is 16.8 Å². The first-order valence-corrected chi connectivity index (χ1v) is 9.32. The first-order chi connectivity index (χ1) is 10.5. The summed E-state index contributed by atoms with van der Waals surface area (Å²) in [5.41, 5.74) is 1.29.